The highest BCUT2D eigenvalue weighted by Crippen LogP contribution is 2.29. The lowest BCUT2D eigenvalue weighted by molar-refractivity contribution is 0.563. The Kier molecular flexibility index (Phi) is 4.63. The molecule has 3 aromatic heterocycles. The lowest BCUT2D eigenvalue weighted by Crippen LogP contribution is -2.02. The Hall–Kier alpha value is -2.31. The predicted molar refractivity (Wildman–Crippen MR) is 119 cm³/mol. The van der Waals surface area contributed by atoms with E-state index in [0.29, 0.717) is 38.3 Å². The first-order chi connectivity index (χ1) is 14.0. The molecule has 4 nitrogen and oxygen atoms in total. The molecule has 0 amide bonds. The van der Waals surface area contributed by atoms with Crippen molar-refractivity contribution >= 4 is 62.1 Å². The van der Waals surface area contributed by atoms with E-state index in [1.165, 1.54) is 11.3 Å². The Bertz CT molecular complexity index is 1420. The SMILES string of the molecule is O=c1oc2ccc(Cl)cc2cc1-c1cn2cc(Cc3ccc(Cl)cc3Cl)sc2n1. The van der Waals surface area contributed by atoms with E-state index in [4.69, 9.17) is 39.2 Å². The molecule has 0 bridgehead atoms. The van der Waals surface area contributed by atoms with E-state index in [0.717, 1.165) is 20.8 Å². The first-order valence-electron chi connectivity index (χ1n) is 8.61. The summed E-state index contributed by atoms with van der Waals surface area (Å²) in [7, 11) is 0. The minimum absolute atomic E-state index is 0.401. The fourth-order valence-corrected chi connectivity index (χ4v) is 4.82. The molecule has 0 radical (unpaired) electrons. The van der Waals surface area contributed by atoms with Gasteiger partial charge in [0.15, 0.2) is 4.96 Å². The molecular weight excluding hydrogens is 451 g/mol. The van der Waals surface area contributed by atoms with Crippen molar-refractivity contribution in [3.63, 3.8) is 0 Å². The Morgan fingerprint density at radius 1 is 1.00 bits per heavy atom. The van der Waals surface area contributed by atoms with Gasteiger partial charge in [0.25, 0.3) is 0 Å². The van der Waals surface area contributed by atoms with Crippen molar-refractivity contribution in [2.75, 3.05) is 0 Å². The van der Waals surface area contributed by atoms with Gasteiger partial charge in [-0.3, -0.25) is 4.40 Å². The monoisotopic (exact) mass is 460 g/mol. The third-order valence-electron chi connectivity index (χ3n) is 4.55. The summed E-state index contributed by atoms with van der Waals surface area (Å²) in [5.41, 5.74) is 2.01. The summed E-state index contributed by atoms with van der Waals surface area (Å²) in [6, 6.07) is 12.4. The zero-order valence-electron chi connectivity index (χ0n) is 14.7. The molecule has 0 atom stereocenters. The van der Waals surface area contributed by atoms with E-state index >= 15 is 0 Å². The topological polar surface area (TPSA) is 47.5 Å². The molecule has 29 heavy (non-hydrogen) atoms. The molecule has 5 aromatic rings. The maximum atomic E-state index is 12.4. The summed E-state index contributed by atoms with van der Waals surface area (Å²) in [5.74, 6) is 0. The Balaban J connectivity index is 1.51. The third kappa shape index (κ3) is 3.55. The van der Waals surface area contributed by atoms with E-state index in [1.54, 1.807) is 30.3 Å². The quantitative estimate of drug-likeness (QED) is 0.280. The molecule has 0 saturated heterocycles. The molecule has 0 aliphatic carbocycles. The van der Waals surface area contributed by atoms with Gasteiger partial charge < -0.3 is 4.42 Å². The molecule has 144 valence electrons. The van der Waals surface area contributed by atoms with Gasteiger partial charge in [-0.15, -0.1) is 11.3 Å². The van der Waals surface area contributed by atoms with Crippen molar-refractivity contribution in [1.82, 2.24) is 9.38 Å². The third-order valence-corrected chi connectivity index (χ3v) is 6.37. The molecule has 0 spiro atoms. The number of hydrogen-bond acceptors (Lipinski definition) is 4. The number of nitrogens with zero attached hydrogens (tertiary/aromatic N) is 2. The maximum absolute atomic E-state index is 12.4. The predicted octanol–water partition coefficient (Wildman–Crippen LogP) is 6.72. The molecule has 5 rings (SSSR count). The molecule has 0 saturated carbocycles. The summed E-state index contributed by atoms with van der Waals surface area (Å²) in [6.45, 7) is 0. The lowest BCUT2D eigenvalue weighted by Gasteiger charge is -2.02. The smallest absolute Gasteiger partial charge is 0.345 e. The normalized spacial score (nSPS) is 11.6. The van der Waals surface area contributed by atoms with Gasteiger partial charge in [0, 0.05) is 44.1 Å². The number of benzene rings is 2. The standard InChI is InChI=1S/C21H11Cl3N2O2S/c22-13-3-4-19-12(5-13)7-16(20(27)28-19)18-10-26-9-15(29-21(26)25-18)6-11-1-2-14(23)8-17(11)24/h1-5,7-10H,6H2. The van der Waals surface area contributed by atoms with Crippen LogP contribution in [0.2, 0.25) is 15.1 Å². The summed E-state index contributed by atoms with van der Waals surface area (Å²) >= 11 is 19.8. The van der Waals surface area contributed by atoms with Crippen LogP contribution in [0.4, 0.5) is 0 Å². The molecule has 3 heterocycles. The van der Waals surface area contributed by atoms with Crippen LogP contribution in [0.25, 0.3) is 27.2 Å². The molecular formula is C21H11Cl3N2O2S. The van der Waals surface area contributed by atoms with Crippen molar-refractivity contribution in [2.24, 2.45) is 0 Å². The Morgan fingerprint density at radius 2 is 1.79 bits per heavy atom. The lowest BCUT2D eigenvalue weighted by atomic mass is 10.1. The minimum atomic E-state index is -0.432. The molecule has 0 unspecified atom stereocenters. The van der Waals surface area contributed by atoms with Crippen LogP contribution in [0.3, 0.4) is 0 Å². The van der Waals surface area contributed by atoms with Crippen LogP contribution in [0.5, 0.6) is 0 Å². The summed E-state index contributed by atoms with van der Waals surface area (Å²) in [5, 5.41) is 2.58. The highest BCUT2D eigenvalue weighted by Gasteiger charge is 2.14. The van der Waals surface area contributed by atoms with Gasteiger partial charge in [-0.2, -0.15) is 0 Å². The molecule has 0 fully saturated rings. The van der Waals surface area contributed by atoms with Crippen LogP contribution in [0, 0.1) is 0 Å². The van der Waals surface area contributed by atoms with Gasteiger partial charge in [-0.05, 0) is 42.0 Å². The minimum Gasteiger partial charge on any atom is -0.422 e. The van der Waals surface area contributed by atoms with Crippen LogP contribution in [-0.4, -0.2) is 9.38 Å². The van der Waals surface area contributed by atoms with Crippen molar-refractivity contribution < 1.29 is 4.42 Å². The molecule has 0 aliphatic heterocycles. The van der Waals surface area contributed by atoms with E-state index in [2.05, 4.69) is 4.98 Å². The number of aromatic nitrogens is 2. The first kappa shape index (κ1) is 18.7. The first-order valence-corrected chi connectivity index (χ1v) is 10.6. The summed E-state index contributed by atoms with van der Waals surface area (Å²) in [4.78, 5) is 18.9. The van der Waals surface area contributed by atoms with Crippen LogP contribution in [0.15, 0.2) is 64.1 Å². The van der Waals surface area contributed by atoms with Crippen LogP contribution in [-0.2, 0) is 6.42 Å². The largest absolute Gasteiger partial charge is 0.422 e. The fraction of sp³-hybridized carbons (Fsp3) is 0.0476. The number of imidazole rings is 1. The van der Waals surface area contributed by atoms with Crippen molar-refractivity contribution in [3.05, 3.63) is 90.8 Å². The second-order valence-electron chi connectivity index (χ2n) is 6.56. The van der Waals surface area contributed by atoms with Crippen LogP contribution >= 0.6 is 46.1 Å². The number of halogens is 3. The molecule has 0 aliphatic rings. The van der Waals surface area contributed by atoms with E-state index < -0.39 is 5.63 Å². The number of hydrogen-bond donors (Lipinski definition) is 0. The second kappa shape index (κ2) is 7.18. The Labute approximate surface area is 183 Å². The highest BCUT2D eigenvalue weighted by atomic mass is 35.5. The van der Waals surface area contributed by atoms with Gasteiger partial charge in [0.1, 0.15) is 5.58 Å². The van der Waals surface area contributed by atoms with E-state index in [-0.39, 0.29) is 0 Å². The molecule has 8 heteroatoms. The van der Waals surface area contributed by atoms with Crippen molar-refractivity contribution in [1.29, 1.82) is 0 Å². The van der Waals surface area contributed by atoms with Gasteiger partial charge in [-0.1, -0.05) is 40.9 Å². The average molecular weight is 462 g/mol. The van der Waals surface area contributed by atoms with Gasteiger partial charge in [-0.25, -0.2) is 9.78 Å². The zero-order chi connectivity index (χ0) is 20.1. The summed E-state index contributed by atoms with van der Waals surface area (Å²) in [6.07, 6.45) is 4.48. The average Bonchev–Trinajstić information content (AvgIpc) is 3.22. The van der Waals surface area contributed by atoms with Gasteiger partial charge >= 0.3 is 5.63 Å². The van der Waals surface area contributed by atoms with E-state index in [9.17, 15) is 4.79 Å². The van der Waals surface area contributed by atoms with Crippen molar-refractivity contribution in [3.8, 4) is 11.3 Å². The zero-order valence-corrected chi connectivity index (χ0v) is 17.7. The second-order valence-corrected chi connectivity index (χ2v) is 8.93. The number of rotatable bonds is 3. The highest BCUT2D eigenvalue weighted by molar-refractivity contribution is 7.17. The molecule has 2 aromatic carbocycles. The van der Waals surface area contributed by atoms with Crippen molar-refractivity contribution in [2.45, 2.75) is 6.42 Å². The number of thiazole rings is 1. The number of fused-ring (bicyclic) bond motifs is 2. The Morgan fingerprint density at radius 3 is 2.59 bits per heavy atom. The van der Waals surface area contributed by atoms with E-state index in [1.807, 2.05) is 28.9 Å². The molecule has 0 N–H and O–H groups in total. The fourth-order valence-electron chi connectivity index (χ4n) is 3.18. The van der Waals surface area contributed by atoms with Crippen LogP contribution in [0.1, 0.15) is 10.4 Å². The van der Waals surface area contributed by atoms with Gasteiger partial charge in [0.05, 0.1) is 11.3 Å². The summed E-state index contributed by atoms with van der Waals surface area (Å²) < 4.78 is 7.32. The van der Waals surface area contributed by atoms with Gasteiger partial charge in [0.2, 0.25) is 0 Å². The van der Waals surface area contributed by atoms with Crippen LogP contribution < -0.4 is 5.63 Å². The maximum Gasteiger partial charge on any atom is 0.345 e.